The number of rotatable bonds is 4. The van der Waals surface area contributed by atoms with Crippen molar-refractivity contribution in [3.8, 4) is 0 Å². The van der Waals surface area contributed by atoms with E-state index in [0.717, 1.165) is 17.9 Å². The highest BCUT2D eigenvalue weighted by Gasteiger charge is 2.05. The first-order chi connectivity index (χ1) is 8.16. The molecule has 0 radical (unpaired) electrons. The quantitative estimate of drug-likeness (QED) is 0.904. The van der Waals surface area contributed by atoms with Crippen LogP contribution < -0.4 is 4.90 Å². The fourth-order valence-corrected chi connectivity index (χ4v) is 2.27. The van der Waals surface area contributed by atoms with Gasteiger partial charge in [-0.2, -0.15) is 11.3 Å². The molecule has 1 N–H and O–H groups in total. The van der Waals surface area contributed by atoms with Gasteiger partial charge < -0.3 is 10.0 Å². The molecule has 0 unspecified atom stereocenters. The van der Waals surface area contributed by atoms with Gasteiger partial charge >= 0.3 is 0 Å². The Bertz CT molecular complexity index is 451. The lowest BCUT2D eigenvalue weighted by molar-refractivity contribution is 0.199. The van der Waals surface area contributed by atoms with Crippen LogP contribution in [0.1, 0.15) is 24.2 Å². The first kappa shape index (κ1) is 12.1. The molecule has 0 bridgehead atoms. The Balaban J connectivity index is 2.06. The van der Waals surface area contributed by atoms with Crippen LogP contribution in [0.5, 0.6) is 0 Å². The summed E-state index contributed by atoms with van der Waals surface area (Å²) in [5.41, 5.74) is 2.14. The number of thiophene rings is 1. The number of pyridine rings is 1. The largest absolute Gasteiger partial charge is 0.389 e. The molecule has 0 fully saturated rings. The zero-order valence-electron chi connectivity index (χ0n) is 10.00. The number of aliphatic hydroxyl groups is 1. The molecule has 0 saturated carbocycles. The Morgan fingerprint density at radius 1 is 1.41 bits per heavy atom. The Morgan fingerprint density at radius 2 is 2.24 bits per heavy atom. The van der Waals surface area contributed by atoms with Crippen LogP contribution in [0, 0.1) is 0 Å². The molecule has 0 aliphatic carbocycles. The molecule has 3 nitrogen and oxygen atoms in total. The predicted octanol–water partition coefficient (Wildman–Crippen LogP) is 2.83. The smallest absolute Gasteiger partial charge is 0.128 e. The summed E-state index contributed by atoms with van der Waals surface area (Å²) in [6.07, 6.45) is 1.27. The molecular weight excluding hydrogens is 232 g/mol. The first-order valence-corrected chi connectivity index (χ1v) is 6.47. The van der Waals surface area contributed by atoms with Crippen molar-refractivity contribution in [1.29, 1.82) is 0 Å². The van der Waals surface area contributed by atoms with Crippen molar-refractivity contribution in [3.63, 3.8) is 0 Å². The van der Waals surface area contributed by atoms with E-state index in [2.05, 4.69) is 26.7 Å². The Hall–Kier alpha value is -1.39. The lowest BCUT2D eigenvalue weighted by Crippen LogP contribution is -2.17. The molecule has 0 aromatic carbocycles. The van der Waals surface area contributed by atoms with E-state index in [4.69, 9.17) is 0 Å². The minimum absolute atomic E-state index is 0.460. The van der Waals surface area contributed by atoms with E-state index in [1.807, 2.05) is 19.2 Å². The second kappa shape index (κ2) is 5.29. The second-order valence-corrected chi connectivity index (χ2v) is 4.89. The summed E-state index contributed by atoms with van der Waals surface area (Å²) in [4.78, 5) is 6.44. The van der Waals surface area contributed by atoms with Gasteiger partial charge in [-0.3, -0.25) is 0 Å². The van der Waals surface area contributed by atoms with Gasteiger partial charge in [0.05, 0.1) is 6.10 Å². The summed E-state index contributed by atoms with van der Waals surface area (Å²) in [6, 6.07) is 5.97. The highest BCUT2D eigenvalue weighted by atomic mass is 32.1. The van der Waals surface area contributed by atoms with Crippen LogP contribution in [0.25, 0.3) is 0 Å². The zero-order chi connectivity index (χ0) is 12.3. The molecule has 1 atom stereocenters. The highest BCUT2D eigenvalue weighted by molar-refractivity contribution is 7.07. The van der Waals surface area contributed by atoms with Crippen molar-refractivity contribution in [2.45, 2.75) is 19.6 Å². The second-order valence-electron chi connectivity index (χ2n) is 4.11. The molecule has 2 aromatic rings. The van der Waals surface area contributed by atoms with Crippen LogP contribution in [0.3, 0.4) is 0 Å². The maximum absolute atomic E-state index is 9.41. The number of hydrogen-bond acceptors (Lipinski definition) is 4. The van der Waals surface area contributed by atoms with Crippen LogP contribution in [-0.4, -0.2) is 17.1 Å². The third-order valence-electron chi connectivity index (χ3n) is 2.64. The van der Waals surface area contributed by atoms with E-state index in [0.29, 0.717) is 0 Å². The summed E-state index contributed by atoms with van der Waals surface area (Å²) in [7, 11) is 2.02. The van der Waals surface area contributed by atoms with Crippen LogP contribution in [0.4, 0.5) is 5.82 Å². The molecule has 90 valence electrons. The average molecular weight is 248 g/mol. The zero-order valence-corrected chi connectivity index (χ0v) is 10.8. The van der Waals surface area contributed by atoms with Crippen molar-refractivity contribution in [1.82, 2.24) is 4.98 Å². The first-order valence-electron chi connectivity index (χ1n) is 5.53. The molecule has 17 heavy (non-hydrogen) atoms. The SMILES string of the molecule is C[C@H](O)c1ccc(N(C)Cc2ccsc2)nc1. The fraction of sp³-hybridized carbons (Fsp3) is 0.308. The molecule has 0 aliphatic heterocycles. The Morgan fingerprint density at radius 3 is 2.76 bits per heavy atom. The standard InChI is InChI=1S/C13H16N2OS/c1-10(16)12-3-4-13(14-7-12)15(2)8-11-5-6-17-9-11/h3-7,9-10,16H,8H2,1-2H3/t10-/m0/s1. The van der Waals surface area contributed by atoms with Gasteiger partial charge in [0, 0.05) is 19.8 Å². The van der Waals surface area contributed by atoms with Crippen molar-refractivity contribution < 1.29 is 5.11 Å². The molecule has 4 heteroatoms. The minimum Gasteiger partial charge on any atom is -0.389 e. The summed E-state index contributed by atoms with van der Waals surface area (Å²) in [6.45, 7) is 2.59. The van der Waals surface area contributed by atoms with E-state index in [-0.39, 0.29) is 0 Å². The molecule has 2 rings (SSSR count). The Kier molecular flexibility index (Phi) is 3.76. The van der Waals surface area contributed by atoms with E-state index >= 15 is 0 Å². The third kappa shape index (κ3) is 3.05. The summed E-state index contributed by atoms with van der Waals surface area (Å²) >= 11 is 1.70. The topological polar surface area (TPSA) is 36.4 Å². The average Bonchev–Trinajstić information content (AvgIpc) is 2.82. The van der Waals surface area contributed by atoms with Crippen molar-refractivity contribution in [3.05, 3.63) is 46.3 Å². The van der Waals surface area contributed by atoms with Gasteiger partial charge in [-0.1, -0.05) is 6.07 Å². The van der Waals surface area contributed by atoms with Crippen LogP contribution in [0.15, 0.2) is 35.2 Å². The molecule has 0 spiro atoms. The lowest BCUT2D eigenvalue weighted by atomic mass is 10.2. The van der Waals surface area contributed by atoms with E-state index in [1.165, 1.54) is 5.56 Å². The van der Waals surface area contributed by atoms with Crippen LogP contribution in [-0.2, 0) is 6.54 Å². The summed E-state index contributed by atoms with van der Waals surface area (Å²) in [5.74, 6) is 0.917. The summed E-state index contributed by atoms with van der Waals surface area (Å²) in [5, 5.41) is 13.6. The number of anilines is 1. The van der Waals surface area contributed by atoms with Gasteiger partial charge in [0.25, 0.3) is 0 Å². The van der Waals surface area contributed by atoms with Crippen molar-refractivity contribution in [2.75, 3.05) is 11.9 Å². The number of aliphatic hydroxyl groups excluding tert-OH is 1. The molecular formula is C13H16N2OS. The van der Waals surface area contributed by atoms with Gasteiger partial charge in [0.1, 0.15) is 5.82 Å². The highest BCUT2D eigenvalue weighted by Crippen LogP contribution is 2.17. The van der Waals surface area contributed by atoms with Gasteiger partial charge in [-0.25, -0.2) is 4.98 Å². The normalized spacial score (nSPS) is 12.4. The minimum atomic E-state index is -0.460. The van der Waals surface area contributed by atoms with E-state index in [9.17, 15) is 5.11 Å². The van der Waals surface area contributed by atoms with E-state index < -0.39 is 6.10 Å². The fourth-order valence-electron chi connectivity index (χ4n) is 1.61. The molecule has 0 aliphatic rings. The lowest BCUT2D eigenvalue weighted by Gasteiger charge is -2.17. The van der Waals surface area contributed by atoms with Gasteiger partial charge in [0.15, 0.2) is 0 Å². The summed E-state index contributed by atoms with van der Waals surface area (Å²) < 4.78 is 0. The molecule has 0 amide bonds. The number of aromatic nitrogens is 1. The Labute approximate surface area is 105 Å². The molecule has 2 aromatic heterocycles. The maximum Gasteiger partial charge on any atom is 0.128 e. The van der Waals surface area contributed by atoms with Crippen LogP contribution >= 0.6 is 11.3 Å². The predicted molar refractivity (Wildman–Crippen MR) is 71.3 cm³/mol. The third-order valence-corrected chi connectivity index (χ3v) is 3.38. The molecule has 2 heterocycles. The maximum atomic E-state index is 9.41. The van der Waals surface area contributed by atoms with Crippen LogP contribution in [0.2, 0.25) is 0 Å². The van der Waals surface area contributed by atoms with Crippen molar-refractivity contribution >= 4 is 17.2 Å². The monoisotopic (exact) mass is 248 g/mol. The molecule has 0 saturated heterocycles. The van der Waals surface area contributed by atoms with Gasteiger partial charge in [-0.15, -0.1) is 0 Å². The number of nitrogens with zero attached hydrogens (tertiary/aromatic N) is 2. The van der Waals surface area contributed by atoms with E-state index in [1.54, 1.807) is 24.5 Å². The van der Waals surface area contributed by atoms with Gasteiger partial charge in [0.2, 0.25) is 0 Å². The van der Waals surface area contributed by atoms with Crippen molar-refractivity contribution in [2.24, 2.45) is 0 Å². The number of hydrogen-bond donors (Lipinski definition) is 1. The van der Waals surface area contributed by atoms with Gasteiger partial charge in [-0.05, 0) is 40.9 Å².